The van der Waals surface area contributed by atoms with Crippen LogP contribution in [0.2, 0.25) is 0 Å². The number of aromatic nitrogens is 1. The van der Waals surface area contributed by atoms with Gasteiger partial charge < -0.3 is 0 Å². The Balaban J connectivity index is 2.90. The van der Waals surface area contributed by atoms with Crippen LogP contribution in [0.5, 0.6) is 0 Å². The Morgan fingerprint density at radius 2 is 2.50 bits per heavy atom. The van der Waals surface area contributed by atoms with Crippen LogP contribution in [0.15, 0.2) is 18.3 Å². The van der Waals surface area contributed by atoms with Gasteiger partial charge in [0, 0.05) is 6.20 Å². The van der Waals surface area contributed by atoms with E-state index in [0.29, 0.717) is 5.69 Å². The molecule has 0 amide bonds. The highest BCUT2D eigenvalue weighted by Crippen LogP contribution is 2.02. The Bertz CT molecular complexity index is 339. The molecule has 1 aromatic heterocycles. The molecule has 3 heteroatoms. The van der Waals surface area contributed by atoms with Gasteiger partial charge in [0.15, 0.2) is 5.78 Å². The number of ketones is 1. The summed E-state index contributed by atoms with van der Waals surface area (Å²) in [4.78, 5) is 15.0. The van der Waals surface area contributed by atoms with Crippen molar-refractivity contribution in [2.24, 2.45) is 0 Å². The first kappa shape index (κ1) is 8.41. The van der Waals surface area contributed by atoms with E-state index in [1.165, 1.54) is 0 Å². The van der Waals surface area contributed by atoms with Gasteiger partial charge in [0.2, 0.25) is 0 Å². The van der Waals surface area contributed by atoms with Crippen molar-refractivity contribution in [2.75, 3.05) is 0 Å². The molecule has 1 rings (SSSR count). The Morgan fingerprint density at radius 3 is 3.08 bits per heavy atom. The third-order valence-electron chi connectivity index (χ3n) is 1.44. The van der Waals surface area contributed by atoms with Gasteiger partial charge in [-0.2, -0.15) is 5.26 Å². The third-order valence-corrected chi connectivity index (χ3v) is 1.44. The summed E-state index contributed by atoms with van der Waals surface area (Å²) in [6, 6.07) is 5.28. The predicted molar refractivity (Wildman–Crippen MR) is 43.5 cm³/mol. The highest BCUT2D eigenvalue weighted by Gasteiger charge is 2.05. The van der Waals surface area contributed by atoms with Gasteiger partial charge in [0.05, 0.1) is 6.07 Å². The molecule has 3 nitrogen and oxygen atoms in total. The molecule has 1 aromatic rings. The van der Waals surface area contributed by atoms with Crippen LogP contribution in [0.3, 0.4) is 0 Å². The van der Waals surface area contributed by atoms with E-state index in [4.69, 9.17) is 5.26 Å². The molecule has 0 aliphatic rings. The maximum Gasteiger partial charge on any atom is 0.195 e. The summed E-state index contributed by atoms with van der Waals surface area (Å²) in [7, 11) is 0. The van der Waals surface area contributed by atoms with E-state index in [1.54, 1.807) is 18.3 Å². The molecule has 0 aliphatic heterocycles. The highest BCUT2D eigenvalue weighted by atomic mass is 16.1. The van der Waals surface area contributed by atoms with E-state index in [2.05, 4.69) is 4.98 Å². The summed E-state index contributed by atoms with van der Waals surface area (Å²) >= 11 is 0. The molecule has 0 unspecified atom stereocenters. The minimum absolute atomic E-state index is 0.101. The molecule has 60 valence electrons. The first-order chi connectivity index (χ1) is 5.74. The zero-order chi connectivity index (χ0) is 8.97. The van der Waals surface area contributed by atoms with Crippen molar-refractivity contribution < 1.29 is 4.79 Å². The first-order valence-corrected chi connectivity index (χ1v) is 3.57. The number of nitriles is 1. The SMILES string of the molecule is Cc1ccnc(C(=O)CC#N)c1. The number of Topliss-reactive ketones (excluding diaryl/α,β-unsaturated/α-hetero) is 1. The van der Waals surface area contributed by atoms with Crippen LogP contribution < -0.4 is 0 Å². The lowest BCUT2D eigenvalue weighted by molar-refractivity contribution is 0.0993. The van der Waals surface area contributed by atoms with Crippen LogP contribution in [0.1, 0.15) is 22.5 Å². The van der Waals surface area contributed by atoms with Crippen LogP contribution in [-0.4, -0.2) is 10.8 Å². The average molecular weight is 160 g/mol. The number of pyridine rings is 1. The van der Waals surface area contributed by atoms with E-state index in [0.717, 1.165) is 5.56 Å². The average Bonchev–Trinajstić information content (AvgIpc) is 2.05. The summed E-state index contributed by atoms with van der Waals surface area (Å²) in [6.45, 7) is 1.88. The monoisotopic (exact) mass is 160 g/mol. The zero-order valence-electron chi connectivity index (χ0n) is 6.74. The highest BCUT2D eigenvalue weighted by molar-refractivity contribution is 5.95. The third kappa shape index (κ3) is 1.89. The quantitative estimate of drug-likeness (QED) is 0.616. The number of rotatable bonds is 2. The van der Waals surface area contributed by atoms with Crippen LogP contribution in [-0.2, 0) is 0 Å². The summed E-state index contributed by atoms with van der Waals surface area (Å²) in [6.07, 6.45) is 1.47. The molecule has 1 heterocycles. The standard InChI is InChI=1S/C9H8N2O/c1-7-3-5-11-8(6-7)9(12)2-4-10/h3,5-6H,2H2,1H3. The number of hydrogen-bond donors (Lipinski definition) is 0. The number of hydrogen-bond acceptors (Lipinski definition) is 3. The van der Waals surface area contributed by atoms with Crippen LogP contribution >= 0.6 is 0 Å². The number of nitrogens with zero attached hydrogens (tertiary/aromatic N) is 2. The van der Waals surface area contributed by atoms with Gasteiger partial charge >= 0.3 is 0 Å². The Labute approximate surface area is 70.7 Å². The molecular formula is C9H8N2O. The summed E-state index contributed by atoms with van der Waals surface area (Å²) < 4.78 is 0. The maximum atomic E-state index is 11.1. The van der Waals surface area contributed by atoms with Crippen molar-refractivity contribution in [3.8, 4) is 6.07 Å². The molecule has 0 aliphatic carbocycles. The smallest absolute Gasteiger partial charge is 0.195 e. The van der Waals surface area contributed by atoms with Gasteiger partial charge in [0.1, 0.15) is 12.1 Å². The first-order valence-electron chi connectivity index (χ1n) is 3.57. The molecule has 0 aromatic carbocycles. The summed E-state index contributed by atoms with van der Waals surface area (Å²) in [5.74, 6) is -0.221. The second-order valence-electron chi connectivity index (χ2n) is 2.48. The molecule has 0 N–H and O–H groups in total. The van der Waals surface area contributed by atoms with E-state index >= 15 is 0 Å². The van der Waals surface area contributed by atoms with Gasteiger partial charge in [-0.1, -0.05) is 0 Å². The zero-order valence-corrected chi connectivity index (χ0v) is 6.74. The van der Waals surface area contributed by atoms with E-state index in [9.17, 15) is 4.79 Å². The molecule has 0 atom stereocenters. The van der Waals surface area contributed by atoms with E-state index in [-0.39, 0.29) is 12.2 Å². The number of aryl methyl sites for hydroxylation is 1. The Morgan fingerprint density at radius 1 is 1.75 bits per heavy atom. The molecule has 0 saturated carbocycles. The molecule has 0 saturated heterocycles. The van der Waals surface area contributed by atoms with Crippen molar-refractivity contribution in [3.05, 3.63) is 29.6 Å². The van der Waals surface area contributed by atoms with Crippen LogP contribution in [0.25, 0.3) is 0 Å². The minimum atomic E-state index is -0.221. The van der Waals surface area contributed by atoms with Gasteiger partial charge in [-0.25, -0.2) is 0 Å². The lowest BCUT2D eigenvalue weighted by atomic mass is 10.1. The second-order valence-corrected chi connectivity index (χ2v) is 2.48. The van der Waals surface area contributed by atoms with Crippen molar-refractivity contribution in [2.45, 2.75) is 13.3 Å². The number of carbonyl (C=O) groups is 1. The van der Waals surface area contributed by atoms with Gasteiger partial charge in [-0.3, -0.25) is 9.78 Å². The molecule has 0 radical (unpaired) electrons. The largest absolute Gasteiger partial charge is 0.291 e. The molecule has 0 bridgehead atoms. The van der Waals surface area contributed by atoms with E-state index in [1.807, 2.05) is 13.0 Å². The molecular weight excluding hydrogens is 152 g/mol. The fourth-order valence-corrected chi connectivity index (χ4v) is 0.851. The molecule has 0 fully saturated rings. The van der Waals surface area contributed by atoms with Crippen LogP contribution in [0.4, 0.5) is 0 Å². The predicted octanol–water partition coefficient (Wildman–Crippen LogP) is 1.49. The van der Waals surface area contributed by atoms with Gasteiger partial charge in [-0.15, -0.1) is 0 Å². The van der Waals surface area contributed by atoms with Crippen molar-refractivity contribution in [1.29, 1.82) is 5.26 Å². The fourth-order valence-electron chi connectivity index (χ4n) is 0.851. The number of carbonyl (C=O) groups excluding carboxylic acids is 1. The molecule has 0 spiro atoms. The second kappa shape index (κ2) is 3.63. The van der Waals surface area contributed by atoms with E-state index < -0.39 is 0 Å². The van der Waals surface area contributed by atoms with Crippen molar-refractivity contribution in [3.63, 3.8) is 0 Å². The molecule has 12 heavy (non-hydrogen) atoms. The Kier molecular flexibility index (Phi) is 2.54. The Hall–Kier alpha value is -1.69. The minimum Gasteiger partial charge on any atom is -0.291 e. The lowest BCUT2D eigenvalue weighted by Crippen LogP contribution is -2.00. The fraction of sp³-hybridized carbons (Fsp3) is 0.222. The maximum absolute atomic E-state index is 11.1. The van der Waals surface area contributed by atoms with Gasteiger partial charge in [0.25, 0.3) is 0 Å². The van der Waals surface area contributed by atoms with Crippen LogP contribution in [0, 0.1) is 18.3 Å². The van der Waals surface area contributed by atoms with Crippen molar-refractivity contribution >= 4 is 5.78 Å². The normalized spacial score (nSPS) is 9.00. The topological polar surface area (TPSA) is 53.8 Å². The van der Waals surface area contributed by atoms with Crippen molar-refractivity contribution in [1.82, 2.24) is 4.98 Å². The summed E-state index contributed by atoms with van der Waals surface area (Å²) in [5, 5.41) is 8.27. The van der Waals surface area contributed by atoms with Gasteiger partial charge in [-0.05, 0) is 24.6 Å². The lowest BCUT2D eigenvalue weighted by Gasteiger charge is -1.95. The summed E-state index contributed by atoms with van der Waals surface area (Å²) in [5.41, 5.74) is 1.35.